The molecule has 84 valence electrons. The molecule has 0 aromatic rings. The molecule has 0 aliphatic heterocycles. The summed E-state index contributed by atoms with van der Waals surface area (Å²) in [5, 5.41) is 0. The summed E-state index contributed by atoms with van der Waals surface area (Å²) in [4.78, 5) is 0. The van der Waals surface area contributed by atoms with Crippen LogP contribution in [0.3, 0.4) is 0 Å². The average Bonchev–Trinajstić information content (AvgIpc) is 2.18. The zero-order chi connectivity index (χ0) is 11.7. The van der Waals surface area contributed by atoms with Crippen LogP contribution in [0.1, 0.15) is 20.8 Å². The zero-order valence-electron chi connectivity index (χ0n) is 9.89. The van der Waals surface area contributed by atoms with E-state index < -0.39 is 46.7 Å². The van der Waals surface area contributed by atoms with Crippen molar-refractivity contribution < 1.29 is 56.2 Å². The fourth-order valence-corrected chi connectivity index (χ4v) is 13.8. The summed E-state index contributed by atoms with van der Waals surface area (Å²) < 4.78 is 13.7. The van der Waals surface area contributed by atoms with Crippen LogP contribution < -0.4 is 0 Å². The molecule has 2 atom stereocenters. The van der Waals surface area contributed by atoms with Gasteiger partial charge in [-0.2, -0.15) is 0 Å². The van der Waals surface area contributed by atoms with Gasteiger partial charge >= 0.3 is 126 Å². The van der Waals surface area contributed by atoms with Crippen LogP contribution in [0.4, 0.5) is 0 Å². The molecule has 0 aliphatic carbocycles. The summed E-state index contributed by atoms with van der Waals surface area (Å²) in [5.74, 6) is 0. The Morgan fingerprint density at radius 3 is 2.27 bits per heavy atom. The normalized spacial score (nSPS) is 16.3. The number of rotatable bonds is 9. The third kappa shape index (κ3) is 6.76. The maximum absolute atomic E-state index is 6.04. The van der Waals surface area contributed by atoms with Crippen molar-refractivity contribution in [1.29, 1.82) is 0 Å². The molecule has 0 rings (SSSR count). The molecular weight excluding hydrogens is 612 g/mol. The van der Waals surface area contributed by atoms with Crippen molar-refractivity contribution >= 4 is 16.5 Å². The van der Waals surface area contributed by atoms with Gasteiger partial charge in [-0.15, -0.1) is 0 Å². The third-order valence-corrected chi connectivity index (χ3v) is 13.5. The van der Waals surface area contributed by atoms with E-state index in [0.29, 0.717) is 0 Å². The molecule has 0 N–H and O–H groups in total. The Morgan fingerprint density at radius 1 is 1.20 bits per heavy atom. The summed E-state index contributed by atoms with van der Waals surface area (Å²) in [6, 6.07) is 0. The summed E-state index contributed by atoms with van der Waals surface area (Å²) in [7, 11) is 12.0. The first-order valence-corrected chi connectivity index (χ1v) is 26.8. The van der Waals surface area contributed by atoms with E-state index in [2.05, 4.69) is 6.92 Å². The van der Waals surface area contributed by atoms with E-state index in [0.717, 1.165) is 21.1 Å². The van der Waals surface area contributed by atoms with Gasteiger partial charge in [-0.1, -0.05) is 0 Å². The number of hydrogen-bond acceptors (Lipinski definition) is 2. The standard InChI is InChI=1S/C9H18O2.2ClH.2Hg/c1-6-10-8(3)9(4,5)11-7-2;;;;/h8H,3-4,6-7H2,1-2,5H3;2*1H;;/q;;;2*+1/p-2/t8-,9-;;;;/m0..../s1. The van der Waals surface area contributed by atoms with Crippen LogP contribution in [0.2, 0.25) is 7.86 Å². The van der Waals surface area contributed by atoms with Gasteiger partial charge in [0.1, 0.15) is 0 Å². The van der Waals surface area contributed by atoms with Crippen molar-refractivity contribution in [2.75, 3.05) is 13.2 Å². The SMILES string of the molecule is CCO[C@@H]([CH2][Hg][Cl])[C@@](C)([CH2][Hg][Cl])OCC. The Hall–Kier alpha value is 2.37. The van der Waals surface area contributed by atoms with E-state index in [-0.39, 0.29) is 11.7 Å². The Morgan fingerprint density at radius 2 is 1.87 bits per heavy atom. The molecule has 0 heterocycles. The number of halogens is 2. The van der Waals surface area contributed by atoms with E-state index >= 15 is 0 Å². The second-order valence-electron chi connectivity index (χ2n) is 3.61. The van der Waals surface area contributed by atoms with Crippen LogP contribution in [0.25, 0.3) is 0 Å². The molecule has 0 fully saturated rings. The quantitative estimate of drug-likeness (QED) is 0.364. The molecule has 0 spiro atoms. The van der Waals surface area contributed by atoms with Gasteiger partial charge in [-0.05, 0) is 0 Å². The van der Waals surface area contributed by atoms with Crippen LogP contribution >= 0.6 is 16.5 Å². The molecule has 0 saturated carbocycles. The van der Waals surface area contributed by atoms with E-state index in [1.54, 1.807) is 0 Å². The van der Waals surface area contributed by atoms with Gasteiger partial charge in [0.15, 0.2) is 0 Å². The van der Waals surface area contributed by atoms with Gasteiger partial charge in [0.05, 0.1) is 0 Å². The Bertz CT molecular complexity index is 149. The maximum atomic E-state index is 6.04. The molecule has 0 bridgehead atoms. The van der Waals surface area contributed by atoms with E-state index in [4.69, 9.17) is 26.0 Å². The van der Waals surface area contributed by atoms with Crippen molar-refractivity contribution in [3.63, 3.8) is 0 Å². The third-order valence-electron chi connectivity index (χ3n) is 2.49. The van der Waals surface area contributed by atoms with Gasteiger partial charge in [0.25, 0.3) is 0 Å². The van der Waals surface area contributed by atoms with Gasteiger partial charge in [-0.3, -0.25) is 0 Å². The minimum absolute atomic E-state index is 0.164. The van der Waals surface area contributed by atoms with Gasteiger partial charge in [0, 0.05) is 0 Å². The fraction of sp³-hybridized carbons (Fsp3) is 1.00. The summed E-state index contributed by atoms with van der Waals surface area (Å²) in [6.45, 7) is 7.65. The van der Waals surface area contributed by atoms with E-state index in [9.17, 15) is 0 Å². The topological polar surface area (TPSA) is 18.5 Å². The molecule has 0 aromatic heterocycles. The second-order valence-corrected chi connectivity index (χ2v) is 17.4. The molecule has 2 nitrogen and oxygen atoms in total. The summed E-state index contributed by atoms with van der Waals surface area (Å²) >= 11 is -2.41. The Kier molecular flexibility index (Phi) is 11.9. The summed E-state index contributed by atoms with van der Waals surface area (Å²) in [6.07, 6.45) is 0.181. The predicted molar refractivity (Wildman–Crippen MR) is 56.8 cm³/mol. The predicted octanol–water partition coefficient (Wildman–Crippen LogP) is 3.50. The van der Waals surface area contributed by atoms with Crippen LogP contribution in [0, 0.1) is 0 Å². The molecule has 0 radical (unpaired) electrons. The monoisotopic (exact) mass is 632 g/mol. The zero-order valence-corrected chi connectivity index (χ0v) is 22.4. The molecule has 0 aliphatic rings. The molecular formula is C9H18Cl2Hg2O2. The Balaban J connectivity index is 4.48. The molecule has 0 amide bonds. The van der Waals surface area contributed by atoms with Crippen molar-refractivity contribution in [1.82, 2.24) is 0 Å². The van der Waals surface area contributed by atoms with E-state index in [1.807, 2.05) is 13.8 Å². The van der Waals surface area contributed by atoms with Crippen molar-refractivity contribution in [3.05, 3.63) is 0 Å². The molecule has 6 heteroatoms. The van der Waals surface area contributed by atoms with Gasteiger partial charge in [-0.25, -0.2) is 0 Å². The average molecular weight is 630 g/mol. The fourth-order valence-electron chi connectivity index (χ4n) is 1.71. The van der Waals surface area contributed by atoms with Crippen molar-refractivity contribution in [2.45, 2.75) is 40.3 Å². The molecule has 15 heavy (non-hydrogen) atoms. The first-order valence-electron chi connectivity index (χ1n) is 5.52. The molecule has 0 aromatic carbocycles. The Labute approximate surface area is 124 Å². The summed E-state index contributed by atoms with van der Waals surface area (Å²) in [5.41, 5.74) is -0.164. The first kappa shape index (κ1) is 17.4. The number of ether oxygens (including phenoxy) is 2. The van der Waals surface area contributed by atoms with Gasteiger partial charge < -0.3 is 0 Å². The van der Waals surface area contributed by atoms with Crippen molar-refractivity contribution in [3.8, 4) is 0 Å². The molecule has 0 unspecified atom stereocenters. The first-order chi connectivity index (χ1) is 7.14. The number of hydrogen-bond donors (Lipinski definition) is 0. The van der Waals surface area contributed by atoms with Crippen LogP contribution in [-0.2, 0) is 56.2 Å². The van der Waals surface area contributed by atoms with E-state index in [1.165, 1.54) is 0 Å². The van der Waals surface area contributed by atoms with Gasteiger partial charge in [0.2, 0.25) is 0 Å². The van der Waals surface area contributed by atoms with Crippen LogP contribution in [-0.4, -0.2) is 24.9 Å². The minimum atomic E-state index is -1.22. The molecule has 0 saturated heterocycles. The van der Waals surface area contributed by atoms with Crippen molar-refractivity contribution in [2.24, 2.45) is 0 Å². The van der Waals surface area contributed by atoms with Crippen LogP contribution in [0.5, 0.6) is 0 Å². The van der Waals surface area contributed by atoms with Crippen LogP contribution in [0.15, 0.2) is 0 Å². The second kappa shape index (κ2) is 10.3.